The fraction of sp³-hybridized carbons (Fsp3) is 0.273. The molecule has 0 spiro atoms. The lowest BCUT2D eigenvalue weighted by Gasteiger charge is -2.08. The summed E-state index contributed by atoms with van der Waals surface area (Å²) in [7, 11) is 0. The van der Waals surface area contributed by atoms with Crippen molar-refractivity contribution in [3.63, 3.8) is 0 Å². The first kappa shape index (κ1) is 23.3. The molecule has 0 unspecified atom stereocenters. The molecule has 0 saturated carbocycles. The van der Waals surface area contributed by atoms with Crippen LogP contribution in [0.25, 0.3) is 0 Å². The lowest BCUT2D eigenvalue weighted by atomic mass is 10.00. The highest BCUT2D eigenvalue weighted by Crippen LogP contribution is 2.29. The smallest absolute Gasteiger partial charge is 0.306 e. The Morgan fingerprint density at radius 1 is 1.25 bits per heavy atom. The molecule has 0 fully saturated rings. The average molecular weight is 500 g/mol. The van der Waals surface area contributed by atoms with Gasteiger partial charge in [-0.1, -0.05) is 46.3 Å². The Labute approximate surface area is 193 Å². The maximum Gasteiger partial charge on any atom is 0.306 e. The molecule has 1 aliphatic rings. The van der Waals surface area contributed by atoms with E-state index in [1.54, 1.807) is 13.0 Å². The lowest BCUT2D eigenvalue weighted by molar-refractivity contribution is -0.384. The Hall–Kier alpha value is -3.40. The summed E-state index contributed by atoms with van der Waals surface area (Å²) in [5.74, 6) is 0.209. The van der Waals surface area contributed by atoms with Crippen molar-refractivity contribution in [2.75, 3.05) is 18.5 Å². The second-order valence-corrected chi connectivity index (χ2v) is 7.34. The third-order valence-corrected chi connectivity index (χ3v) is 5.20. The van der Waals surface area contributed by atoms with E-state index in [1.165, 1.54) is 12.1 Å². The minimum atomic E-state index is -0.438. The first-order valence-electron chi connectivity index (χ1n) is 10.0. The highest BCUT2D eigenvalue weighted by molar-refractivity contribution is 9.09. The SMILES string of the molecule is CCOC(=O)CC/C(CBr)=N\NC1=Nc2ccc([N+](=O)[O-])cc2C(c2ccccc2)=NC1. The van der Waals surface area contributed by atoms with Gasteiger partial charge in [-0.05, 0) is 19.4 Å². The van der Waals surface area contributed by atoms with Crippen LogP contribution in [0.2, 0.25) is 0 Å². The quantitative estimate of drug-likeness (QED) is 0.192. The number of hydrogen-bond donors (Lipinski definition) is 1. The van der Waals surface area contributed by atoms with Gasteiger partial charge in [0.05, 0.1) is 35.9 Å². The fourth-order valence-electron chi connectivity index (χ4n) is 3.02. The normalized spacial score (nSPS) is 13.4. The van der Waals surface area contributed by atoms with Gasteiger partial charge >= 0.3 is 5.97 Å². The third-order valence-electron chi connectivity index (χ3n) is 4.56. The van der Waals surface area contributed by atoms with Gasteiger partial charge in [-0.3, -0.25) is 25.3 Å². The maximum absolute atomic E-state index is 11.6. The van der Waals surface area contributed by atoms with Gasteiger partial charge in [0.25, 0.3) is 5.69 Å². The molecule has 3 rings (SSSR count). The molecule has 0 saturated heterocycles. The Morgan fingerprint density at radius 2 is 2.03 bits per heavy atom. The van der Waals surface area contributed by atoms with Crippen molar-refractivity contribution in [3.8, 4) is 0 Å². The number of alkyl halides is 1. The molecule has 2 aromatic rings. The number of hydrazone groups is 1. The molecule has 0 amide bonds. The van der Waals surface area contributed by atoms with Gasteiger partial charge in [0.1, 0.15) is 5.84 Å². The molecular formula is C22H22BrN5O4. The van der Waals surface area contributed by atoms with Crippen LogP contribution >= 0.6 is 15.9 Å². The number of carbonyl (C=O) groups is 1. The van der Waals surface area contributed by atoms with Crippen LogP contribution in [0.15, 0.2) is 63.6 Å². The molecular weight excluding hydrogens is 478 g/mol. The Morgan fingerprint density at radius 3 is 2.72 bits per heavy atom. The number of benzene rings is 2. The zero-order valence-electron chi connectivity index (χ0n) is 17.5. The van der Waals surface area contributed by atoms with E-state index < -0.39 is 4.92 Å². The van der Waals surface area contributed by atoms with Crippen molar-refractivity contribution in [1.29, 1.82) is 0 Å². The fourth-order valence-corrected chi connectivity index (χ4v) is 3.43. The Bertz CT molecular complexity index is 1080. The van der Waals surface area contributed by atoms with Gasteiger partial charge in [-0.25, -0.2) is 4.99 Å². The summed E-state index contributed by atoms with van der Waals surface area (Å²) in [6.45, 7) is 2.32. The molecule has 10 heteroatoms. The van der Waals surface area contributed by atoms with Gasteiger partial charge < -0.3 is 4.74 Å². The molecule has 166 valence electrons. The Kier molecular flexibility index (Phi) is 8.20. The molecule has 0 bridgehead atoms. The van der Waals surface area contributed by atoms with Crippen LogP contribution in [0, 0.1) is 10.1 Å². The standard InChI is InChI=1S/C22H22BrN5O4/c1-2-32-21(29)11-8-16(13-23)26-27-20-14-24-22(15-6-4-3-5-7-15)18-12-17(28(30)31)9-10-19(18)25-20/h3-7,9-10,12H,2,8,11,13-14H2,1H3,(H,25,27)/b26-16+. The second kappa shape index (κ2) is 11.3. The molecule has 0 radical (unpaired) electrons. The number of non-ortho nitro benzene ring substituents is 1. The van der Waals surface area contributed by atoms with Crippen molar-refractivity contribution in [1.82, 2.24) is 5.43 Å². The van der Waals surface area contributed by atoms with Crippen LogP contribution in [0.4, 0.5) is 11.4 Å². The molecule has 1 aliphatic heterocycles. The van der Waals surface area contributed by atoms with E-state index in [1.807, 2.05) is 30.3 Å². The van der Waals surface area contributed by atoms with Crippen LogP contribution in [-0.4, -0.2) is 46.6 Å². The van der Waals surface area contributed by atoms with Crippen molar-refractivity contribution >= 4 is 50.5 Å². The number of esters is 1. The highest BCUT2D eigenvalue weighted by atomic mass is 79.9. The molecule has 0 aliphatic carbocycles. The number of rotatable bonds is 8. The number of nitro benzene ring substituents is 1. The minimum Gasteiger partial charge on any atom is -0.466 e. The summed E-state index contributed by atoms with van der Waals surface area (Å²) in [5, 5.41) is 16.1. The van der Waals surface area contributed by atoms with Crippen molar-refractivity contribution < 1.29 is 14.5 Å². The van der Waals surface area contributed by atoms with Gasteiger partial charge in [0, 0.05) is 34.3 Å². The van der Waals surface area contributed by atoms with Crippen LogP contribution in [0.3, 0.4) is 0 Å². The van der Waals surface area contributed by atoms with E-state index in [0.717, 1.165) is 11.3 Å². The molecule has 9 nitrogen and oxygen atoms in total. The van der Waals surface area contributed by atoms with E-state index in [4.69, 9.17) is 4.74 Å². The molecule has 32 heavy (non-hydrogen) atoms. The van der Waals surface area contributed by atoms with E-state index in [0.29, 0.717) is 41.2 Å². The molecule has 2 aromatic carbocycles. The van der Waals surface area contributed by atoms with Crippen LogP contribution in [0.1, 0.15) is 30.9 Å². The first-order chi connectivity index (χ1) is 15.5. The number of hydrogen-bond acceptors (Lipinski definition) is 8. The minimum absolute atomic E-state index is 0.0300. The molecule has 1 heterocycles. The summed E-state index contributed by atoms with van der Waals surface area (Å²) >= 11 is 3.38. The zero-order chi connectivity index (χ0) is 22.9. The maximum atomic E-state index is 11.6. The number of nitrogens with one attached hydrogen (secondary N) is 1. The monoisotopic (exact) mass is 499 g/mol. The summed E-state index contributed by atoms with van der Waals surface area (Å²) < 4.78 is 4.95. The Balaban J connectivity index is 1.88. The highest BCUT2D eigenvalue weighted by Gasteiger charge is 2.19. The van der Waals surface area contributed by atoms with E-state index in [9.17, 15) is 14.9 Å². The van der Waals surface area contributed by atoms with Crippen LogP contribution in [0.5, 0.6) is 0 Å². The van der Waals surface area contributed by atoms with Gasteiger partial charge in [-0.2, -0.15) is 5.10 Å². The second-order valence-electron chi connectivity index (χ2n) is 6.78. The number of amidine groups is 1. The lowest BCUT2D eigenvalue weighted by Crippen LogP contribution is -2.23. The zero-order valence-corrected chi connectivity index (χ0v) is 19.0. The number of nitrogens with zero attached hydrogens (tertiary/aromatic N) is 4. The van der Waals surface area contributed by atoms with Crippen LogP contribution < -0.4 is 5.43 Å². The van der Waals surface area contributed by atoms with Gasteiger partial charge in [0.2, 0.25) is 0 Å². The topological polar surface area (TPSA) is 119 Å². The van der Waals surface area contributed by atoms with E-state index in [-0.39, 0.29) is 24.6 Å². The van der Waals surface area contributed by atoms with Gasteiger partial charge in [0.15, 0.2) is 0 Å². The molecule has 0 atom stereocenters. The van der Waals surface area contributed by atoms with Crippen molar-refractivity contribution in [3.05, 3.63) is 69.8 Å². The van der Waals surface area contributed by atoms with E-state index in [2.05, 4.69) is 36.4 Å². The predicted octanol–water partition coefficient (Wildman–Crippen LogP) is 4.16. The predicted molar refractivity (Wildman–Crippen MR) is 127 cm³/mol. The van der Waals surface area contributed by atoms with Crippen molar-refractivity contribution in [2.45, 2.75) is 19.8 Å². The van der Waals surface area contributed by atoms with Crippen molar-refractivity contribution in [2.24, 2.45) is 15.1 Å². The largest absolute Gasteiger partial charge is 0.466 e. The third kappa shape index (κ3) is 6.07. The number of aliphatic imine (C=N–C) groups is 2. The van der Waals surface area contributed by atoms with E-state index >= 15 is 0 Å². The summed E-state index contributed by atoms with van der Waals surface area (Å²) in [4.78, 5) is 31.7. The number of carbonyl (C=O) groups excluding carboxylic acids is 1. The van der Waals surface area contributed by atoms with Crippen LogP contribution in [-0.2, 0) is 9.53 Å². The van der Waals surface area contributed by atoms with Gasteiger partial charge in [-0.15, -0.1) is 0 Å². The number of ether oxygens (including phenoxy) is 1. The average Bonchev–Trinajstić information content (AvgIpc) is 2.98. The molecule has 1 N–H and O–H groups in total. The number of fused-ring (bicyclic) bond motifs is 1. The summed E-state index contributed by atoms with van der Waals surface area (Å²) in [6.07, 6.45) is 0.668. The summed E-state index contributed by atoms with van der Waals surface area (Å²) in [5.41, 5.74) is 6.22. The molecule has 0 aromatic heterocycles. The summed E-state index contributed by atoms with van der Waals surface area (Å²) in [6, 6.07) is 14.0. The first-order valence-corrected chi connectivity index (χ1v) is 11.1. The number of halogens is 1. The number of nitro groups is 1.